The maximum absolute atomic E-state index is 13.0. The minimum atomic E-state index is -4.01. The normalized spacial score (nSPS) is 11.0. The molecule has 0 aromatic heterocycles. The van der Waals surface area contributed by atoms with Crippen molar-refractivity contribution in [3.8, 4) is 5.75 Å². The Hall–Kier alpha value is -2.54. The molecule has 2 rings (SSSR count). The first-order chi connectivity index (χ1) is 10.9. The van der Waals surface area contributed by atoms with Crippen molar-refractivity contribution in [1.82, 2.24) is 0 Å². The Morgan fingerprint density at radius 1 is 1.17 bits per heavy atom. The molecule has 0 aliphatic carbocycles. The van der Waals surface area contributed by atoms with Gasteiger partial charge in [-0.3, -0.25) is 9.10 Å². The molecule has 2 N–H and O–H groups in total. The Morgan fingerprint density at radius 2 is 1.83 bits per heavy atom. The van der Waals surface area contributed by atoms with Gasteiger partial charge < -0.3 is 10.5 Å². The molecule has 0 saturated heterocycles. The number of sulfonamides is 1. The Kier molecular flexibility index (Phi) is 4.90. The third-order valence-electron chi connectivity index (χ3n) is 3.23. The standard InChI is InChI=1S/C16H18N2O4S/c1-12-8-9-14(22-2)15(10-12)23(20,21)18(11-16(17)19)13-6-4-3-5-7-13/h3-10H,11H2,1-2H3,(H2,17,19). The van der Waals surface area contributed by atoms with Crippen molar-refractivity contribution in [2.45, 2.75) is 11.8 Å². The largest absolute Gasteiger partial charge is 0.495 e. The summed E-state index contributed by atoms with van der Waals surface area (Å²) in [5, 5.41) is 0. The van der Waals surface area contributed by atoms with Crippen molar-refractivity contribution >= 4 is 21.6 Å². The molecular formula is C16H18N2O4S. The lowest BCUT2D eigenvalue weighted by Gasteiger charge is -2.24. The number of ether oxygens (including phenoxy) is 1. The molecule has 23 heavy (non-hydrogen) atoms. The molecule has 7 heteroatoms. The molecule has 0 fully saturated rings. The molecule has 0 spiro atoms. The summed E-state index contributed by atoms with van der Waals surface area (Å²) >= 11 is 0. The van der Waals surface area contributed by atoms with Crippen molar-refractivity contribution in [2.75, 3.05) is 18.0 Å². The van der Waals surface area contributed by atoms with Crippen LogP contribution < -0.4 is 14.8 Å². The second-order valence-electron chi connectivity index (χ2n) is 4.97. The van der Waals surface area contributed by atoms with E-state index < -0.39 is 22.5 Å². The summed E-state index contributed by atoms with van der Waals surface area (Å²) < 4.78 is 32.2. The zero-order valence-electron chi connectivity index (χ0n) is 12.9. The van der Waals surface area contributed by atoms with Gasteiger partial charge in [0.1, 0.15) is 17.2 Å². The average molecular weight is 334 g/mol. The Labute approximate surface area is 135 Å². The fraction of sp³-hybridized carbons (Fsp3) is 0.188. The van der Waals surface area contributed by atoms with Gasteiger partial charge >= 0.3 is 0 Å². The number of methoxy groups -OCH3 is 1. The number of hydrogen-bond donors (Lipinski definition) is 1. The average Bonchev–Trinajstić information content (AvgIpc) is 2.53. The van der Waals surface area contributed by atoms with E-state index in [-0.39, 0.29) is 10.6 Å². The van der Waals surface area contributed by atoms with Crippen LogP contribution in [0.1, 0.15) is 5.56 Å². The van der Waals surface area contributed by atoms with Crippen LogP contribution in [0, 0.1) is 6.92 Å². The maximum atomic E-state index is 13.0. The molecule has 122 valence electrons. The van der Waals surface area contributed by atoms with E-state index in [0.717, 1.165) is 9.87 Å². The summed E-state index contributed by atoms with van der Waals surface area (Å²) in [4.78, 5) is 11.4. The first-order valence-electron chi connectivity index (χ1n) is 6.87. The van der Waals surface area contributed by atoms with Gasteiger partial charge in [-0.15, -0.1) is 0 Å². The topological polar surface area (TPSA) is 89.7 Å². The highest BCUT2D eigenvalue weighted by Crippen LogP contribution is 2.30. The SMILES string of the molecule is COc1ccc(C)cc1S(=O)(=O)N(CC(N)=O)c1ccccc1. The predicted molar refractivity (Wildman–Crippen MR) is 87.9 cm³/mol. The highest BCUT2D eigenvalue weighted by molar-refractivity contribution is 7.93. The van der Waals surface area contributed by atoms with Crippen LogP contribution in [0.3, 0.4) is 0 Å². The van der Waals surface area contributed by atoms with Gasteiger partial charge in [0.05, 0.1) is 12.8 Å². The number of carbonyl (C=O) groups excluding carboxylic acids is 1. The number of amides is 1. The number of anilines is 1. The van der Waals surface area contributed by atoms with Crippen LogP contribution in [-0.2, 0) is 14.8 Å². The van der Waals surface area contributed by atoms with E-state index >= 15 is 0 Å². The first-order valence-corrected chi connectivity index (χ1v) is 8.31. The number of hydrogen-bond acceptors (Lipinski definition) is 4. The van der Waals surface area contributed by atoms with Crippen LogP contribution >= 0.6 is 0 Å². The van der Waals surface area contributed by atoms with Crippen LogP contribution in [0.4, 0.5) is 5.69 Å². The van der Waals surface area contributed by atoms with Gasteiger partial charge in [0, 0.05) is 0 Å². The van der Waals surface area contributed by atoms with Crippen LogP contribution in [0.15, 0.2) is 53.4 Å². The van der Waals surface area contributed by atoms with E-state index in [4.69, 9.17) is 10.5 Å². The number of nitrogens with zero attached hydrogens (tertiary/aromatic N) is 1. The van der Waals surface area contributed by atoms with Gasteiger partial charge in [0.25, 0.3) is 10.0 Å². The summed E-state index contributed by atoms with van der Waals surface area (Å²) in [5.41, 5.74) is 6.35. The highest BCUT2D eigenvalue weighted by atomic mass is 32.2. The summed E-state index contributed by atoms with van der Waals surface area (Å²) in [6.07, 6.45) is 0. The van der Waals surface area contributed by atoms with E-state index in [9.17, 15) is 13.2 Å². The van der Waals surface area contributed by atoms with Crippen LogP contribution in [0.2, 0.25) is 0 Å². The summed E-state index contributed by atoms with van der Waals surface area (Å²) in [7, 11) is -2.61. The van der Waals surface area contributed by atoms with E-state index in [1.165, 1.54) is 13.2 Å². The molecule has 0 heterocycles. The van der Waals surface area contributed by atoms with E-state index in [1.807, 2.05) is 0 Å². The maximum Gasteiger partial charge on any atom is 0.268 e. The minimum absolute atomic E-state index is 0.00916. The number of para-hydroxylation sites is 1. The van der Waals surface area contributed by atoms with E-state index in [1.54, 1.807) is 49.4 Å². The molecule has 0 bridgehead atoms. The van der Waals surface area contributed by atoms with Gasteiger partial charge in [0.15, 0.2) is 0 Å². The van der Waals surface area contributed by atoms with Gasteiger partial charge in [-0.05, 0) is 36.8 Å². The molecule has 0 saturated carbocycles. The minimum Gasteiger partial charge on any atom is -0.495 e. The van der Waals surface area contributed by atoms with Crippen molar-refractivity contribution < 1.29 is 17.9 Å². The molecule has 2 aromatic rings. The number of aryl methyl sites for hydroxylation is 1. The third-order valence-corrected chi connectivity index (χ3v) is 5.03. The summed E-state index contributed by atoms with van der Waals surface area (Å²) in [6, 6.07) is 13.2. The zero-order chi connectivity index (χ0) is 17.0. The molecule has 0 unspecified atom stereocenters. The number of rotatable bonds is 6. The number of benzene rings is 2. The molecular weight excluding hydrogens is 316 g/mol. The molecule has 0 radical (unpaired) electrons. The second-order valence-corrected chi connectivity index (χ2v) is 6.80. The van der Waals surface area contributed by atoms with Crippen LogP contribution in [0.5, 0.6) is 5.75 Å². The molecule has 0 aliphatic heterocycles. The fourth-order valence-corrected chi connectivity index (χ4v) is 3.83. The molecule has 6 nitrogen and oxygen atoms in total. The number of carbonyl (C=O) groups is 1. The second kappa shape index (κ2) is 6.70. The Bertz CT molecular complexity index is 804. The van der Waals surface area contributed by atoms with Crippen molar-refractivity contribution in [1.29, 1.82) is 0 Å². The molecule has 1 amide bonds. The first kappa shape index (κ1) is 16.8. The van der Waals surface area contributed by atoms with Crippen molar-refractivity contribution in [2.24, 2.45) is 5.73 Å². The third kappa shape index (κ3) is 3.62. The summed E-state index contributed by atoms with van der Waals surface area (Å²) in [6.45, 7) is 1.32. The van der Waals surface area contributed by atoms with Crippen LogP contribution in [-0.4, -0.2) is 28.0 Å². The van der Waals surface area contributed by atoms with E-state index in [0.29, 0.717) is 5.69 Å². The lowest BCUT2D eigenvalue weighted by molar-refractivity contribution is -0.116. The fourth-order valence-electron chi connectivity index (χ4n) is 2.16. The molecule has 0 atom stereocenters. The zero-order valence-corrected chi connectivity index (χ0v) is 13.7. The van der Waals surface area contributed by atoms with Gasteiger partial charge in [-0.2, -0.15) is 0 Å². The van der Waals surface area contributed by atoms with E-state index in [2.05, 4.69) is 0 Å². The quantitative estimate of drug-likeness (QED) is 0.870. The Morgan fingerprint density at radius 3 is 2.39 bits per heavy atom. The lowest BCUT2D eigenvalue weighted by Crippen LogP contribution is -2.38. The number of nitrogens with two attached hydrogens (primary N) is 1. The van der Waals surface area contributed by atoms with Gasteiger partial charge in [-0.25, -0.2) is 8.42 Å². The van der Waals surface area contributed by atoms with Crippen molar-refractivity contribution in [3.05, 3.63) is 54.1 Å². The number of primary amides is 1. The van der Waals surface area contributed by atoms with Gasteiger partial charge in [-0.1, -0.05) is 24.3 Å². The predicted octanol–water partition coefficient (Wildman–Crippen LogP) is 1.68. The molecule has 2 aromatic carbocycles. The Balaban J connectivity index is 2.62. The molecule has 0 aliphatic rings. The highest BCUT2D eigenvalue weighted by Gasteiger charge is 2.29. The van der Waals surface area contributed by atoms with Crippen LogP contribution in [0.25, 0.3) is 0 Å². The lowest BCUT2D eigenvalue weighted by atomic mass is 10.2. The van der Waals surface area contributed by atoms with Gasteiger partial charge in [0.2, 0.25) is 5.91 Å². The summed E-state index contributed by atoms with van der Waals surface area (Å²) in [5.74, 6) is -0.537. The smallest absolute Gasteiger partial charge is 0.268 e. The van der Waals surface area contributed by atoms with Crippen molar-refractivity contribution in [3.63, 3.8) is 0 Å². The monoisotopic (exact) mass is 334 g/mol.